The Bertz CT molecular complexity index is 928. The molecule has 0 spiro atoms. The molecule has 0 saturated carbocycles. The van der Waals surface area contributed by atoms with E-state index in [9.17, 15) is 14.4 Å². The lowest BCUT2D eigenvalue weighted by Gasteiger charge is -2.24. The first kappa shape index (κ1) is 20.3. The van der Waals surface area contributed by atoms with Gasteiger partial charge in [0.2, 0.25) is 0 Å². The van der Waals surface area contributed by atoms with E-state index in [1.54, 1.807) is 18.2 Å². The zero-order chi connectivity index (χ0) is 20.3. The van der Waals surface area contributed by atoms with Crippen LogP contribution in [0.1, 0.15) is 20.8 Å². The van der Waals surface area contributed by atoms with Crippen LogP contribution in [0.2, 0.25) is 5.02 Å². The molecule has 1 aromatic carbocycles. The SMILES string of the molecule is NC(=O)n1nc(C(=O)ON2CCOCC2)c(Br)c1NC(=O)c1ccccc1Cl. The molecule has 12 heteroatoms. The Hall–Kier alpha value is -2.47. The number of carbonyl (C=O) groups excluding carboxylic acids is 3. The number of benzene rings is 1. The fraction of sp³-hybridized carbons (Fsp3) is 0.250. The second-order valence-electron chi connectivity index (χ2n) is 5.62. The Kier molecular flexibility index (Phi) is 6.29. The van der Waals surface area contributed by atoms with Crippen molar-refractivity contribution in [3.8, 4) is 0 Å². The maximum atomic E-state index is 12.5. The van der Waals surface area contributed by atoms with Crippen LogP contribution in [0, 0.1) is 0 Å². The Morgan fingerprint density at radius 3 is 2.57 bits per heavy atom. The fourth-order valence-corrected chi connectivity index (χ4v) is 3.15. The Balaban J connectivity index is 1.86. The van der Waals surface area contributed by atoms with Gasteiger partial charge in [0.05, 0.1) is 41.4 Å². The number of hydrogen-bond acceptors (Lipinski definition) is 7. The highest BCUT2D eigenvalue weighted by Gasteiger charge is 2.28. The highest BCUT2D eigenvalue weighted by Crippen LogP contribution is 2.28. The predicted molar refractivity (Wildman–Crippen MR) is 102 cm³/mol. The van der Waals surface area contributed by atoms with E-state index in [2.05, 4.69) is 26.3 Å². The number of hydrogen-bond donors (Lipinski definition) is 2. The molecule has 2 aromatic rings. The van der Waals surface area contributed by atoms with Crippen LogP contribution < -0.4 is 11.1 Å². The number of nitrogens with zero attached hydrogens (tertiary/aromatic N) is 3. The number of amides is 2. The van der Waals surface area contributed by atoms with Gasteiger partial charge in [0.15, 0.2) is 11.5 Å². The van der Waals surface area contributed by atoms with Crippen LogP contribution in [-0.2, 0) is 9.57 Å². The van der Waals surface area contributed by atoms with Gasteiger partial charge in [-0.15, -0.1) is 5.06 Å². The lowest BCUT2D eigenvalue weighted by Crippen LogP contribution is -2.38. The van der Waals surface area contributed by atoms with E-state index in [4.69, 9.17) is 26.9 Å². The van der Waals surface area contributed by atoms with Crippen LogP contribution in [0.5, 0.6) is 0 Å². The summed E-state index contributed by atoms with van der Waals surface area (Å²) >= 11 is 9.19. The molecule has 3 rings (SSSR count). The van der Waals surface area contributed by atoms with Crippen molar-refractivity contribution in [3.05, 3.63) is 45.0 Å². The van der Waals surface area contributed by atoms with Gasteiger partial charge in [0.25, 0.3) is 5.91 Å². The van der Waals surface area contributed by atoms with Crippen molar-refractivity contribution in [2.45, 2.75) is 0 Å². The molecular weight excluding hydrogens is 458 g/mol. The van der Waals surface area contributed by atoms with Gasteiger partial charge in [-0.05, 0) is 28.1 Å². The molecule has 10 nitrogen and oxygen atoms in total. The van der Waals surface area contributed by atoms with E-state index in [0.29, 0.717) is 31.0 Å². The maximum absolute atomic E-state index is 12.5. The number of rotatable bonds is 4. The third-order valence-corrected chi connectivity index (χ3v) is 4.84. The molecule has 1 saturated heterocycles. The zero-order valence-electron chi connectivity index (χ0n) is 14.4. The molecule has 0 bridgehead atoms. The van der Waals surface area contributed by atoms with E-state index in [1.807, 2.05) is 0 Å². The summed E-state index contributed by atoms with van der Waals surface area (Å²) in [6.45, 7) is 1.64. The van der Waals surface area contributed by atoms with E-state index in [1.165, 1.54) is 11.1 Å². The second kappa shape index (κ2) is 8.69. The highest BCUT2D eigenvalue weighted by molar-refractivity contribution is 9.10. The summed E-state index contributed by atoms with van der Waals surface area (Å²) in [6, 6.07) is 5.35. The van der Waals surface area contributed by atoms with Crippen molar-refractivity contribution in [2.75, 3.05) is 31.6 Å². The molecule has 3 N–H and O–H groups in total. The van der Waals surface area contributed by atoms with Gasteiger partial charge in [-0.3, -0.25) is 4.79 Å². The number of morpholine rings is 1. The Morgan fingerprint density at radius 2 is 1.93 bits per heavy atom. The summed E-state index contributed by atoms with van der Waals surface area (Å²) in [5, 5.41) is 7.98. The Labute approximate surface area is 172 Å². The molecule has 148 valence electrons. The molecule has 2 heterocycles. The molecule has 1 fully saturated rings. The fourth-order valence-electron chi connectivity index (χ4n) is 2.42. The molecule has 28 heavy (non-hydrogen) atoms. The van der Waals surface area contributed by atoms with Crippen LogP contribution in [-0.4, -0.2) is 59.1 Å². The molecule has 1 aliphatic rings. The molecule has 2 amide bonds. The molecule has 1 aliphatic heterocycles. The number of nitrogens with one attached hydrogen (secondary N) is 1. The molecule has 0 unspecified atom stereocenters. The van der Waals surface area contributed by atoms with E-state index >= 15 is 0 Å². The third kappa shape index (κ3) is 4.33. The maximum Gasteiger partial charge on any atom is 0.379 e. The molecule has 1 aromatic heterocycles. The molecule has 0 radical (unpaired) electrons. The van der Waals surface area contributed by atoms with Crippen molar-refractivity contribution in [1.82, 2.24) is 14.8 Å². The summed E-state index contributed by atoms with van der Waals surface area (Å²) in [5.74, 6) is -1.55. The van der Waals surface area contributed by atoms with Crippen LogP contribution in [0.15, 0.2) is 28.7 Å². The monoisotopic (exact) mass is 471 g/mol. The quantitative estimate of drug-likeness (QED) is 0.695. The normalized spacial score (nSPS) is 14.5. The number of ether oxygens (including phenoxy) is 1. The summed E-state index contributed by atoms with van der Waals surface area (Å²) < 4.78 is 5.91. The minimum Gasteiger partial charge on any atom is -0.379 e. The lowest BCUT2D eigenvalue weighted by molar-refractivity contribution is -0.151. The van der Waals surface area contributed by atoms with Gasteiger partial charge in [-0.2, -0.15) is 9.78 Å². The zero-order valence-corrected chi connectivity index (χ0v) is 16.7. The minimum absolute atomic E-state index is 0.0463. The smallest absolute Gasteiger partial charge is 0.379 e. The van der Waals surface area contributed by atoms with Crippen molar-refractivity contribution in [3.63, 3.8) is 0 Å². The van der Waals surface area contributed by atoms with Crippen LogP contribution >= 0.6 is 27.5 Å². The van der Waals surface area contributed by atoms with Crippen molar-refractivity contribution in [2.24, 2.45) is 5.73 Å². The number of hydroxylamine groups is 2. The molecule has 0 aliphatic carbocycles. The summed E-state index contributed by atoms with van der Waals surface area (Å²) in [7, 11) is 0. The highest BCUT2D eigenvalue weighted by atomic mass is 79.9. The average molecular weight is 473 g/mol. The summed E-state index contributed by atoms with van der Waals surface area (Å²) in [4.78, 5) is 41.9. The predicted octanol–water partition coefficient (Wildman–Crippen LogP) is 1.88. The number of aromatic nitrogens is 2. The van der Waals surface area contributed by atoms with E-state index < -0.39 is 17.9 Å². The van der Waals surface area contributed by atoms with Gasteiger partial charge < -0.3 is 20.6 Å². The number of anilines is 1. The van der Waals surface area contributed by atoms with Crippen LogP contribution in [0.3, 0.4) is 0 Å². The standard InChI is InChI=1S/C16H15BrClN5O5/c17-11-12(15(25)28-22-5-7-27-8-6-22)21-23(16(19)26)13(11)20-14(24)9-3-1-2-4-10(9)18/h1-4H,5-8H2,(H2,19,26)(H,20,24). The first-order chi connectivity index (χ1) is 13.4. The van der Waals surface area contributed by atoms with Gasteiger partial charge in [0, 0.05) is 0 Å². The summed E-state index contributed by atoms with van der Waals surface area (Å²) in [6.07, 6.45) is 0. The number of nitrogens with two attached hydrogens (primary N) is 1. The van der Waals surface area contributed by atoms with E-state index in [-0.39, 0.29) is 26.6 Å². The van der Waals surface area contributed by atoms with Gasteiger partial charge in [-0.1, -0.05) is 23.7 Å². The number of halogens is 2. The topological polar surface area (TPSA) is 129 Å². The molecule has 0 atom stereocenters. The summed E-state index contributed by atoms with van der Waals surface area (Å²) in [5.41, 5.74) is 5.26. The number of primary amides is 1. The Morgan fingerprint density at radius 1 is 1.25 bits per heavy atom. The lowest BCUT2D eigenvalue weighted by atomic mass is 10.2. The van der Waals surface area contributed by atoms with Gasteiger partial charge >= 0.3 is 12.0 Å². The first-order valence-electron chi connectivity index (χ1n) is 8.07. The second-order valence-corrected chi connectivity index (χ2v) is 6.82. The largest absolute Gasteiger partial charge is 0.379 e. The minimum atomic E-state index is -0.999. The van der Waals surface area contributed by atoms with Gasteiger partial charge in [-0.25, -0.2) is 9.59 Å². The average Bonchev–Trinajstić information content (AvgIpc) is 2.99. The first-order valence-corrected chi connectivity index (χ1v) is 9.24. The van der Waals surface area contributed by atoms with Crippen molar-refractivity contribution >= 4 is 51.3 Å². The van der Waals surface area contributed by atoms with Crippen molar-refractivity contribution < 1.29 is 24.0 Å². The van der Waals surface area contributed by atoms with Crippen LogP contribution in [0.25, 0.3) is 0 Å². The van der Waals surface area contributed by atoms with Gasteiger partial charge in [0.1, 0.15) is 0 Å². The van der Waals surface area contributed by atoms with E-state index in [0.717, 1.165) is 0 Å². The number of carbonyl (C=O) groups is 3. The molecular formula is C16H15BrClN5O5. The van der Waals surface area contributed by atoms with Crippen molar-refractivity contribution in [1.29, 1.82) is 0 Å². The third-order valence-electron chi connectivity index (χ3n) is 3.76. The van der Waals surface area contributed by atoms with Crippen LogP contribution in [0.4, 0.5) is 10.6 Å².